The van der Waals surface area contributed by atoms with Crippen LogP contribution in [0.4, 0.5) is 18.9 Å². The van der Waals surface area contributed by atoms with Crippen LogP contribution in [0.25, 0.3) is 0 Å². The lowest BCUT2D eigenvalue weighted by Crippen LogP contribution is -2.35. The van der Waals surface area contributed by atoms with Crippen LogP contribution in [0.1, 0.15) is 17.5 Å². The molecule has 2 aromatic rings. The normalized spacial score (nSPS) is 12.3. The van der Waals surface area contributed by atoms with E-state index in [0.29, 0.717) is 0 Å². The number of carbonyl (C=O) groups is 2. The van der Waals surface area contributed by atoms with E-state index in [1.165, 1.54) is 12.1 Å². The summed E-state index contributed by atoms with van der Waals surface area (Å²) in [7, 11) is 0. The fraction of sp³-hybridized carbons (Fsp3) is 0.263. The molecule has 0 heterocycles. The van der Waals surface area contributed by atoms with E-state index in [-0.39, 0.29) is 18.5 Å². The molecule has 0 aliphatic rings. The lowest BCUT2D eigenvalue weighted by molar-refractivity contribution is -0.311. The molecule has 2 rings (SSSR count). The number of hydrogen-bond donors (Lipinski definition) is 1. The summed E-state index contributed by atoms with van der Waals surface area (Å²) in [6.45, 7) is 1.90. The molecule has 144 valence electrons. The summed E-state index contributed by atoms with van der Waals surface area (Å²) in [6.07, 6.45) is -4.99. The number of aryl methyl sites for hydroxylation is 1. The van der Waals surface area contributed by atoms with Crippen molar-refractivity contribution < 1.29 is 32.6 Å². The first-order chi connectivity index (χ1) is 12.6. The fourth-order valence-corrected chi connectivity index (χ4v) is 2.42. The molecule has 8 heteroatoms. The monoisotopic (exact) mass is 380 g/mol. The molecule has 0 spiro atoms. The molecular formula is C19H17F3NO4-. The van der Waals surface area contributed by atoms with E-state index in [4.69, 9.17) is 0 Å². The number of halogens is 3. The summed E-state index contributed by atoms with van der Waals surface area (Å²) >= 11 is 0. The summed E-state index contributed by atoms with van der Waals surface area (Å²) in [5.74, 6) is -3.38. The predicted octanol–water partition coefficient (Wildman–Crippen LogP) is 2.83. The van der Waals surface area contributed by atoms with Gasteiger partial charge in [-0.1, -0.05) is 29.8 Å². The van der Waals surface area contributed by atoms with Crippen molar-refractivity contribution in [1.29, 1.82) is 0 Å². The summed E-state index contributed by atoms with van der Waals surface area (Å²) in [5, 5.41) is 13.8. The van der Waals surface area contributed by atoms with E-state index in [1.807, 2.05) is 19.1 Å². The van der Waals surface area contributed by atoms with Crippen LogP contribution in [0, 0.1) is 12.8 Å². The molecule has 0 radical (unpaired) electrons. The molecule has 5 nitrogen and oxygen atoms in total. The number of alkyl halides is 3. The molecule has 1 atom stereocenters. The number of amides is 1. The lowest BCUT2D eigenvalue weighted by atomic mass is 9.95. The van der Waals surface area contributed by atoms with Crippen LogP contribution in [0.5, 0.6) is 5.75 Å². The first-order valence-corrected chi connectivity index (χ1v) is 8.04. The van der Waals surface area contributed by atoms with Gasteiger partial charge < -0.3 is 20.0 Å². The lowest BCUT2D eigenvalue weighted by Gasteiger charge is -2.18. The highest BCUT2D eigenvalue weighted by Crippen LogP contribution is 2.24. The van der Waals surface area contributed by atoms with E-state index in [1.54, 1.807) is 12.1 Å². The number of nitrogens with one attached hydrogen (secondary N) is 1. The van der Waals surface area contributed by atoms with E-state index >= 15 is 0 Å². The molecule has 0 aromatic heterocycles. The zero-order valence-corrected chi connectivity index (χ0v) is 14.4. The average Bonchev–Trinajstić information content (AvgIpc) is 2.56. The van der Waals surface area contributed by atoms with Gasteiger partial charge in [-0.2, -0.15) is 0 Å². The number of ether oxygens (including phenoxy) is 1. The minimum absolute atomic E-state index is 0.133. The Morgan fingerprint density at radius 1 is 1.07 bits per heavy atom. The van der Waals surface area contributed by atoms with Gasteiger partial charge in [-0.05, 0) is 43.2 Å². The maximum absolute atomic E-state index is 12.1. The summed E-state index contributed by atoms with van der Waals surface area (Å²) in [4.78, 5) is 23.4. The second-order valence-electron chi connectivity index (χ2n) is 6.03. The van der Waals surface area contributed by atoms with Gasteiger partial charge in [0.05, 0.1) is 0 Å². The van der Waals surface area contributed by atoms with Gasteiger partial charge in [0.2, 0.25) is 5.91 Å². The third-order valence-electron chi connectivity index (χ3n) is 3.74. The molecule has 1 N–H and O–H groups in total. The number of hydrogen-bond acceptors (Lipinski definition) is 4. The molecule has 0 saturated carbocycles. The minimum atomic E-state index is -4.80. The Bertz CT molecular complexity index is 786. The Morgan fingerprint density at radius 3 is 2.19 bits per heavy atom. The second-order valence-corrected chi connectivity index (χ2v) is 6.03. The van der Waals surface area contributed by atoms with Crippen molar-refractivity contribution in [2.45, 2.75) is 26.1 Å². The molecule has 0 aliphatic carbocycles. The molecule has 0 unspecified atom stereocenters. The zero-order valence-electron chi connectivity index (χ0n) is 14.4. The van der Waals surface area contributed by atoms with Crippen LogP contribution in [0.3, 0.4) is 0 Å². The van der Waals surface area contributed by atoms with Crippen LogP contribution in [0.2, 0.25) is 0 Å². The second kappa shape index (κ2) is 8.57. The van der Waals surface area contributed by atoms with Crippen LogP contribution in [0.15, 0.2) is 48.5 Å². The Hall–Kier alpha value is -3.03. The molecule has 0 fully saturated rings. The van der Waals surface area contributed by atoms with Crippen LogP contribution >= 0.6 is 0 Å². The molecule has 0 aliphatic heterocycles. The highest BCUT2D eigenvalue weighted by atomic mass is 19.4. The maximum atomic E-state index is 12.1. The van der Waals surface area contributed by atoms with E-state index in [9.17, 15) is 27.9 Å². The number of carboxylic acid groups (broad SMARTS) is 1. The number of anilines is 1. The Kier molecular flexibility index (Phi) is 6.44. The van der Waals surface area contributed by atoms with Gasteiger partial charge >= 0.3 is 6.36 Å². The van der Waals surface area contributed by atoms with E-state index < -0.39 is 29.9 Å². The van der Waals surface area contributed by atoms with Crippen molar-refractivity contribution in [2.75, 3.05) is 5.32 Å². The standard InChI is InChI=1S/C19H18F3NO4/c1-12-2-4-13(5-3-12)10-14(18(25)26)11-17(24)23-15-6-8-16(9-7-15)27-19(20,21)22/h2-9,14H,10-11H2,1H3,(H,23,24)(H,25,26)/p-1/t14-/m0/s1. The van der Waals surface area contributed by atoms with Crippen LogP contribution in [-0.2, 0) is 16.0 Å². The largest absolute Gasteiger partial charge is 0.573 e. The van der Waals surface area contributed by atoms with Gasteiger partial charge in [0, 0.05) is 24.0 Å². The number of benzene rings is 2. The third-order valence-corrected chi connectivity index (χ3v) is 3.74. The summed E-state index contributed by atoms with van der Waals surface area (Å²) < 4.78 is 40.1. The van der Waals surface area contributed by atoms with Gasteiger partial charge in [-0.25, -0.2) is 0 Å². The first kappa shape index (κ1) is 20.3. The van der Waals surface area contributed by atoms with Crippen molar-refractivity contribution in [2.24, 2.45) is 5.92 Å². The highest BCUT2D eigenvalue weighted by Gasteiger charge is 2.31. The number of rotatable bonds is 7. The zero-order chi connectivity index (χ0) is 20.0. The van der Waals surface area contributed by atoms with Gasteiger partial charge in [-0.3, -0.25) is 4.79 Å². The maximum Gasteiger partial charge on any atom is 0.573 e. The highest BCUT2D eigenvalue weighted by molar-refractivity contribution is 5.93. The summed E-state index contributed by atoms with van der Waals surface area (Å²) in [5.41, 5.74) is 2.01. The van der Waals surface area contributed by atoms with E-state index in [0.717, 1.165) is 23.3 Å². The van der Waals surface area contributed by atoms with Crippen molar-refractivity contribution in [3.8, 4) is 5.75 Å². The Labute approximate surface area is 153 Å². The quantitative estimate of drug-likeness (QED) is 0.801. The van der Waals surface area contributed by atoms with Crippen LogP contribution < -0.4 is 15.2 Å². The molecule has 0 bridgehead atoms. The SMILES string of the molecule is Cc1ccc(C[C@@H](CC(=O)Nc2ccc(OC(F)(F)F)cc2)C(=O)[O-])cc1. The van der Waals surface area contributed by atoms with Gasteiger partial charge in [0.15, 0.2) is 0 Å². The topological polar surface area (TPSA) is 78.5 Å². The molecule has 27 heavy (non-hydrogen) atoms. The Morgan fingerprint density at radius 2 is 1.67 bits per heavy atom. The molecule has 0 saturated heterocycles. The van der Waals surface area contributed by atoms with Crippen molar-refractivity contribution in [1.82, 2.24) is 0 Å². The van der Waals surface area contributed by atoms with Gasteiger partial charge in [0.1, 0.15) is 5.75 Å². The van der Waals surface area contributed by atoms with Crippen molar-refractivity contribution >= 4 is 17.6 Å². The fourth-order valence-electron chi connectivity index (χ4n) is 2.42. The van der Waals surface area contributed by atoms with Crippen molar-refractivity contribution in [3.05, 3.63) is 59.7 Å². The third kappa shape index (κ3) is 7.01. The number of carboxylic acids is 1. The average molecular weight is 380 g/mol. The minimum Gasteiger partial charge on any atom is -0.550 e. The van der Waals surface area contributed by atoms with Crippen molar-refractivity contribution in [3.63, 3.8) is 0 Å². The Balaban J connectivity index is 1.95. The van der Waals surface area contributed by atoms with E-state index in [2.05, 4.69) is 10.1 Å². The van der Waals surface area contributed by atoms with Gasteiger partial charge in [-0.15, -0.1) is 13.2 Å². The molecular weight excluding hydrogens is 363 g/mol. The number of aliphatic carboxylic acids is 1. The predicted molar refractivity (Wildman–Crippen MR) is 89.8 cm³/mol. The number of carbonyl (C=O) groups excluding carboxylic acids is 2. The smallest absolute Gasteiger partial charge is 0.550 e. The van der Waals surface area contributed by atoms with Gasteiger partial charge in [0.25, 0.3) is 0 Å². The molecule has 2 aromatic carbocycles. The van der Waals surface area contributed by atoms with Crippen LogP contribution in [-0.4, -0.2) is 18.2 Å². The summed E-state index contributed by atoms with van der Waals surface area (Å²) in [6, 6.07) is 11.8. The molecule has 1 amide bonds. The first-order valence-electron chi connectivity index (χ1n) is 8.04.